The molecule has 0 saturated carbocycles. The molecule has 0 atom stereocenters. The second-order valence-corrected chi connectivity index (χ2v) is 5.14. The molecule has 9 heteroatoms. The fourth-order valence-corrected chi connectivity index (χ4v) is 1.96. The highest BCUT2D eigenvalue weighted by Crippen LogP contribution is 2.30. The number of primary sulfonamides is 1. The molecule has 0 aliphatic heterocycles. The Morgan fingerprint density at radius 1 is 1.35 bits per heavy atom. The van der Waals surface area contributed by atoms with E-state index in [1.54, 1.807) is 0 Å². The number of rotatable bonds is 3. The lowest BCUT2D eigenvalue weighted by atomic mass is 10.2. The Labute approximate surface area is 100 Å². The average molecular weight is 290 g/mol. The molecule has 0 radical (unpaired) electrons. The van der Waals surface area contributed by atoms with Crippen molar-refractivity contribution in [1.29, 1.82) is 0 Å². The molecule has 0 aliphatic rings. The van der Waals surface area contributed by atoms with Gasteiger partial charge in [0, 0.05) is 0 Å². The molecule has 1 rings (SSSR count). The Bertz CT molecular complexity index is 515. The molecule has 96 valence electrons. The monoisotopic (exact) mass is 289 g/mol. The first-order valence-corrected chi connectivity index (χ1v) is 6.21. The zero-order chi connectivity index (χ0) is 13.3. The van der Waals surface area contributed by atoms with Gasteiger partial charge in [-0.3, -0.25) is 0 Å². The zero-order valence-corrected chi connectivity index (χ0v) is 9.73. The van der Waals surface area contributed by atoms with Crippen LogP contribution in [0, 0.1) is 0 Å². The van der Waals surface area contributed by atoms with Crippen LogP contribution in [0.4, 0.5) is 13.2 Å². The molecule has 0 aromatic heterocycles. The Balaban J connectivity index is 2.94. The van der Waals surface area contributed by atoms with Gasteiger partial charge in [-0.2, -0.15) is 0 Å². The Hall–Kier alpha value is -0.990. The lowest BCUT2D eigenvalue weighted by Crippen LogP contribution is -2.18. The highest BCUT2D eigenvalue weighted by atomic mass is 35.5. The highest BCUT2D eigenvalue weighted by molar-refractivity contribution is 7.88. The van der Waals surface area contributed by atoms with Crippen LogP contribution in [-0.4, -0.2) is 14.8 Å². The molecular weight excluding hydrogens is 283 g/mol. The summed E-state index contributed by atoms with van der Waals surface area (Å²) in [7, 11) is -3.76. The molecule has 17 heavy (non-hydrogen) atoms. The number of ether oxygens (including phenoxy) is 1. The predicted octanol–water partition coefficient (Wildman–Crippen LogP) is 2.03. The van der Waals surface area contributed by atoms with Gasteiger partial charge in [-0.05, 0) is 17.7 Å². The van der Waals surface area contributed by atoms with Crippen LogP contribution in [0.5, 0.6) is 5.75 Å². The number of benzene rings is 1. The molecule has 1 aromatic carbocycles. The first kappa shape index (κ1) is 14.1. The molecule has 0 amide bonds. The van der Waals surface area contributed by atoms with Gasteiger partial charge in [0.05, 0.1) is 10.8 Å². The van der Waals surface area contributed by atoms with Gasteiger partial charge >= 0.3 is 6.36 Å². The summed E-state index contributed by atoms with van der Waals surface area (Å²) >= 11 is 5.50. The Kier molecular flexibility index (Phi) is 3.90. The smallest absolute Gasteiger partial charge is 0.404 e. The standard InChI is InChI=1S/C8H7ClF3NO3S/c9-6-3-5(4-17(13,14)15)1-2-7(6)16-8(10,11)12/h1-3H,4H2,(H2,13,14,15). The second kappa shape index (κ2) is 4.71. The van der Waals surface area contributed by atoms with Crippen molar-refractivity contribution < 1.29 is 26.3 Å². The first-order chi connectivity index (χ1) is 7.57. The van der Waals surface area contributed by atoms with Crippen LogP contribution < -0.4 is 9.88 Å². The number of halogens is 4. The first-order valence-electron chi connectivity index (χ1n) is 4.11. The summed E-state index contributed by atoms with van der Waals surface area (Å²) in [6.07, 6.45) is -4.86. The normalized spacial score (nSPS) is 12.5. The van der Waals surface area contributed by atoms with E-state index < -0.39 is 27.9 Å². The van der Waals surface area contributed by atoms with Gasteiger partial charge in [-0.1, -0.05) is 17.7 Å². The van der Waals surface area contributed by atoms with E-state index in [1.807, 2.05) is 0 Å². The van der Waals surface area contributed by atoms with Gasteiger partial charge in [0.2, 0.25) is 10.0 Å². The lowest BCUT2D eigenvalue weighted by molar-refractivity contribution is -0.274. The van der Waals surface area contributed by atoms with E-state index in [4.69, 9.17) is 16.7 Å². The number of nitrogens with two attached hydrogens (primary N) is 1. The van der Waals surface area contributed by atoms with Crippen LogP contribution in [0.25, 0.3) is 0 Å². The van der Waals surface area contributed by atoms with Gasteiger partial charge in [-0.25, -0.2) is 13.6 Å². The van der Waals surface area contributed by atoms with E-state index in [0.717, 1.165) is 18.2 Å². The number of hydrogen-bond acceptors (Lipinski definition) is 3. The predicted molar refractivity (Wildman–Crippen MR) is 54.9 cm³/mol. The topological polar surface area (TPSA) is 69.4 Å². The van der Waals surface area contributed by atoms with Crippen molar-refractivity contribution in [3.05, 3.63) is 28.8 Å². The van der Waals surface area contributed by atoms with Crippen molar-refractivity contribution in [3.8, 4) is 5.75 Å². The van der Waals surface area contributed by atoms with Gasteiger partial charge in [0.1, 0.15) is 5.75 Å². The van der Waals surface area contributed by atoms with Crippen LogP contribution >= 0.6 is 11.6 Å². The van der Waals surface area contributed by atoms with E-state index in [9.17, 15) is 21.6 Å². The zero-order valence-electron chi connectivity index (χ0n) is 8.16. The molecule has 1 aromatic rings. The third-order valence-corrected chi connectivity index (χ3v) is 2.62. The maximum absolute atomic E-state index is 11.9. The summed E-state index contributed by atoms with van der Waals surface area (Å²) in [6, 6.07) is 3.11. The largest absolute Gasteiger partial charge is 0.573 e. The Morgan fingerprint density at radius 2 is 1.94 bits per heavy atom. The average Bonchev–Trinajstić information content (AvgIpc) is 2.05. The fraction of sp³-hybridized carbons (Fsp3) is 0.250. The maximum Gasteiger partial charge on any atom is 0.573 e. The minimum absolute atomic E-state index is 0.173. The van der Waals surface area contributed by atoms with Gasteiger partial charge in [0.25, 0.3) is 0 Å². The highest BCUT2D eigenvalue weighted by Gasteiger charge is 2.32. The van der Waals surface area contributed by atoms with Crippen LogP contribution in [0.2, 0.25) is 5.02 Å². The van der Waals surface area contributed by atoms with E-state index in [-0.39, 0.29) is 10.6 Å². The SMILES string of the molecule is NS(=O)(=O)Cc1ccc(OC(F)(F)F)c(Cl)c1. The minimum atomic E-state index is -4.86. The molecule has 0 spiro atoms. The molecule has 0 saturated heterocycles. The van der Waals surface area contributed by atoms with Crippen LogP contribution in [0.15, 0.2) is 18.2 Å². The van der Waals surface area contributed by atoms with Crippen molar-refractivity contribution in [2.75, 3.05) is 0 Å². The van der Waals surface area contributed by atoms with Gasteiger partial charge in [0.15, 0.2) is 0 Å². The summed E-state index contributed by atoms with van der Waals surface area (Å²) in [5, 5.41) is 4.43. The molecule has 0 bridgehead atoms. The summed E-state index contributed by atoms with van der Waals surface area (Å²) < 4.78 is 60.8. The fourth-order valence-electron chi connectivity index (χ4n) is 1.07. The van der Waals surface area contributed by atoms with Crippen LogP contribution in [-0.2, 0) is 15.8 Å². The molecule has 4 nitrogen and oxygen atoms in total. The van der Waals surface area contributed by atoms with Crippen molar-refractivity contribution in [1.82, 2.24) is 0 Å². The summed E-state index contributed by atoms with van der Waals surface area (Å²) in [5.41, 5.74) is 0.173. The van der Waals surface area contributed by atoms with E-state index in [0.29, 0.717) is 0 Å². The number of alkyl halides is 3. The molecule has 0 heterocycles. The summed E-state index contributed by atoms with van der Waals surface area (Å²) in [4.78, 5) is 0. The second-order valence-electron chi connectivity index (χ2n) is 3.12. The van der Waals surface area contributed by atoms with E-state index >= 15 is 0 Å². The number of hydrogen-bond donors (Lipinski definition) is 1. The molecular formula is C8H7ClF3NO3S. The van der Waals surface area contributed by atoms with Crippen molar-refractivity contribution in [2.24, 2.45) is 5.14 Å². The van der Waals surface area contributed by atoms with Crippen molar-refractivity contribution in [2.45, 2.75) is 12.1 Å². The summed E-state index contributed by atoms with van der Waals surface area (Å²) in [6.45, 7) is 0. The van der Waals surface area contributed by atoms with Crippen molar-refractivity contribution >= 4 is 21.6 Å². The minimum Gasteiger partial charge on any atom is -0.404 e. The van der Waals surface area contributed by atoms with Gasteiger partial charge < -0.3 is 4.74 Å². The van der Waals surface area contributed by atoms with E-state index in [2.05, 4.69) is 4.74 Å². The molecule has 0 unspecified atom stereocenters. The lowest BCUT2D eigenvalue weighted by Gasteiger charge is -2.11. The third-order valence-electron chi connectivity index (χ3n) is 1.59. The summed E-state index contributed by atoms with van der Waals surface area (Å²) in [5.74, 6) is -1.11. The van der Waals surface area contributed by atoms with Gasteiger partial charge in [-0.15, -0.1) is 13.2 Å². The van der Waals surface area contributed by atoms with Crippen molar-refractivity contribution in [3.63, 3.8) is 0 Å². The molecule has 2 N–H and O–H groups in total. The quantitative estimate of drug-likeness (QED) is 0.925. The van der Waals surface area contributed by atoms with Crippen LogP contribution in [0.3, 0.4) is 0 Å². The number of sulfonamides is 1. The molecule has 0 fully saturated rings. The molecule has 0 aliphatic carbocycles. The Morgan fingerprint density at radius 3 is 2.35 bits per heavy atom. The van der Waals surface area contributed by atoms with Crippen LogP contribution in [0.1, 0.15) is 5.56 Å². The maximum atomic E-state index is 11.9. The third kappa shape index (κ3) is 5.24. The van der Waals surface area contributed by atoms with E-state index in [1.165, 1.54) is 0 Å².